The minimum absolute atomic E-state index is 0.0199. The van der Waals surface area contributed by atoms with E-state index < -0.39 is 45.0 Å². The summed E-state index contributed by atoms with van der Waals surface area (Å²) in [6, 6.07) is 12.0. The van der Waals surface area contributed by atoms with E-state index in [0.29, 0.717) is 28.7 Å². The number of likely N-dealkylation sites (tertiary alicyclic amines) is 1. The van der Waals surface area contributed by atoms with E-state index in [2.05, 4.69) is 16.1 Å². The predicted molar refractivity (Wildman–Crippen MR) is 152 cm³/mol. The Bertz CT molecular complexity index is 1500. The average molecular weight is 563 g/mol. The zero-order chi connectivity index (χ0) is 29.0. The van der Waals surface area contributed by atoms with E-state index in [1.165, 1.54) is 12.3 Å². The summed E-state index contributed by atoms with van der Waals surface area (Å²) < 4.78 is 35.4. The molecular formula is C29H33BFN4O4S. The normalized spacial score (nSPS) is 26.7. The second-order valence-electron chi connectivity index (χ2n) is 12.2. The number of nitriles is 1. The molecule has 3 aliphatic rings. The van der Waals surface area contributed by atoms with Crippen LogP contribution in [0, 0.1) is 34.9 Å². The monoisotopic (exact) mass is 563 g/mol. The maximum absolute atomic E-state index is 15.2. The van der Waals surface area contributed by atoms with Crippen molar-refractivity contribution in [3.05, 3.63) is 53.8 Å². The summed E-state index contributed by atoms with van der Waals surface area (Å²) in [7, 11) is -2.71. The van der Waals surface area contributed by atoms with Gasteiger partial charge in [-0.05, 0) is 51.4 Å². The third-order valence-corrected chi connectivity index (χ3v) is 8.49. The fraction of sp³-hybridized carbons (Fsp3) is 0.483. The van der Waals surface area contributed by atoms with Gasteiger partial charge in [-0.2, -0.15) is 5.26 Å². The fourth-order valence-electron chi connectivity index (χ4n) is 6.27. The Labute approximate surface area is 235 Å². The van der Waals surface area contributed by atoms with Crippen molar-refractivity contribution in [2.45, 2.75) is 63.8 Å². The van der Waals surface area contributed by atoms with Crippen LogP contribution in [-0.4, -0.2) is 57.8 Å². The first-order chi connectivity index (χ1) is 18.7. The number of carbonyl (C=O) groups excluding carboxylic acids is 2. The molecule has 5 rings (SSSR count). The topological polar surface area (TPSA) is 112 Å². The van der Waals surface area contributed by atoms with E-state index in [4.69, 9.17) is 11.5 Å². The number of nitrogens with zero attached hydrogens (tertiary/aromatic N) is 2. The molecule has 1 aliphatic heterocycles. The van der Waals surface area contributed by atoms with Gasteiger partial charge in [-0.25, -0.2) is 4.79 Å². The number of fused-ring (bicyclic) bond motifs is 5. The molecule has 0 aromatic heterocycles. The van der Waals surface area contributed by atoms with Gasteiger partial charge in [0.05, 0.1) is 0 Å². The first-order valence-corrected chi connectivity index (χ1v) is 15.4. The summed E-state index contributed by atoms with van der Waals surface area (Å²) in [4.78, 5) is 28.1. The van der Waals surface area contributed by atoms with Gasteiger partial charge in [0, 0.05) is 6.04 Å². The number of benzene rings is 2. The third kappa shape index (κ3) is 5.87. The number of rotatable bonds is 7. The summed E-state index contributed by atoms with van der Waals surface area (Å²) in [5, 5.41) is 12.6. The molecule has 209 valence electrons. The van der Waals surface area contributed by atoms with E-state index in [0.717, 1.165) is 12.8 Å². The molecule has 40 heavy (non-hydrogen) atoms. The van der Waals surface area contributed by atoms with Crippen molar-refractivity contribution in [3.8, 4) is 17.2 Å². The molecule has 2 N–H and O–H groups in total. The van der Waals surface area contributed by atoms with Crippen molar-refractivity contribution in [1.29, 1.82) is 5.26 Å². The Hall–Kier alpha value is -3.39. The Kier molecular flexibility index (Phi) is 7.19. The number of ether oxygens (including phenoxy) is 1. The van der Waals surface area contributed by atoms with Crippen molar-refractivity contribution in [2.24, 2.45) is 17.8 Å². The Morgan fingerprint density at radius 3 is 2.55 bits per heavy atom. The zero-order valence-corrected chi connectivity index (χ0v) is 23.8. The van der Waals surface area contributed by atoms with Crippen molar-refractivity contribution < 1.29 is 22.9 Å². The molecule has 1 saturated heterocycles. The summed E-state index contributed by atoms with van der Waals surface area (Å²) >= 11 is 0. The van der Waals surface area contributed by atoms with Crippen LogP contribution >= 0.6 is 0 Å². The summed E-state index contributed by atoms with van der Waals surface area (Å²) in [5.41, 5.74) is 1.42. The molecule has 1 radical (unpaired) electrons. The number of hydrogen-bond donors (Lipinski definition) is 2. The summed E-state index contributed by atoms with van der Waals surface area (Å²) in [6.07, 6.45) is 2.61. The molecule has 2 bridgehead atoms. The molecule has 2 aromatic rings. The van der Waals surface area contributed by atoms with Crippen molar-refractivity contribution >= 4 is 34.0 Å². The molecule has 2 amide bonds. The van der Waals surface area contributed by atoms with Crippen LogP contribution in [0.2, 0.25) is 0 Å². The number of halogens is 1. The van der Waals surface area contributed by atoms with Gasteiger partial charge in [0.1, 0.15) is 11.6 Å². The van der Waals surface area contributed by atoms with Gasteiger partial charge in [0.15, 0.2) is 0 Å². The Morgan fingerprint density at radius 2 is 1.90 bits per heavy atom. The van der Waals surface area contributed by atoms with Gasteiger partial charge in [-0.3, -0.25) is 9.69 Å². The first-order valence-electron chi connectivity index (χ1n) is 13.4. The number of carbonyl (C=O) groups is 2. The number of hydrogen-bond acceptors (Lipinski definition) is 5. The molecular weight excluding hydrogens is 530 g/mol. The third-order valence-electron chi connectivity index (χ3n) is 7.85. The van der Waals surface area contributed by atoms with E-state index in [-0.39, 0.29) is 23.9 Å². The molecule has 11 heteroatoms. The zero-order valence-electron chi connectivity index (χ0n) is 23.0. The van der Waals surface area contributed by atoms with Gasteiger partial charge in [-0.1, -0.05) is 0 Å². The summed E-state index contributed by atoms with van der Waals surface area (Å²) in [6.45, 7) is 10.9. The quantitative estimate of drug-likeness (QED) is 0.495. The molecule has 8 nitrogen and oxygen atoms in total. The average Bonchev–Trinajstić information content (AvgIpc) is 3.46. The Morgan fingerprint density at radius 1 is 1.18 bits per heavy atom. The van der Waals surface area contributed by atoms with Crippen molar-refractivity contribution in [2.75, 3.05) is 11.0 Å². The summed E-state index contributed by atoms with van der Waals surface area (Å²) in [5.74, 6) is -0.0294. The standard InChI is InChI=1S/C29H33BFN4O4S/c1-29(2,3)39-28(37)35-25-14-23(21-13-22(21)25)26(35)27(36)33-20(15-32)11-18-9-8-17(12-24(18)31)16-6-5-7-19(10-16)34-40(4,30)38/h5-10,12,20-23,25-26H,11,13-14H2,1-4H3,(H,33,36)(H,34,38)/t20-,21+,22-,23+,25-,26-,40?/m0/s1. The number of anilines is 1. The molecule has 2 aromatic carbocycles. The molecule has 3 fully saturated rings. The number of piperidine rings is 1. The Balaban J connectivity index is 1.28. The van der Waals surface area contributed by atoms with Gasteiger partial charge < -0.3 is 4.74 Å². The predicted octanol–water partition coefficient (Wildman–Crippen LogP) is 4.01. The van der Waals surface area contributed by atoms with Crippen LogP contribution < -0.4 is 10.0 Å². The molecule has 1 heterocycles. The van der Waals surface area contributed by atoms with E-state index in [1.54, 1.807) is 62.1 Å². The van der Waals surface area contributed by atoms with Crippen molar-refractivity contribution in [1.82, 2.24) is 10.2 Å². The molecule has 7 atom stereocenters. The van der Waals surface area contributed by atoms with Crippen LogP contribution in [0.25, 0.3) is 11.1 Å². The van der Waals surface area contributed by atoms with Crippen molar-refractivity contribution in [3.63, 3.8) is 0 Å². The maximum atomic E-state index is 15.2. The van der Waals surface area contributed by atoms with Crippen LogP contribution in [0.3, 0.4) is 0 Å². The number of nitrogens with one attached hydrogen (secondary N) is 2. The van der Waals surface area contributed by atoms with Crippen LogP contribution in [0.1, 0.15) is 39.2 Å². The fourth-order valence-corrected chi connectivity index (χ4v) is 6.87. The van der Waals surface area contributed by atoms with E-state index >= 15 is 4.39 Å². The minimum atomic E-state index is -2.71. The van der Waals surface area contributed by atoms with Gasteiger partial charge >= 0.3 is 136 Å². The van der Waals surface area contributed by atoms with Gasteiger partial charge in [-0.15, -0.1) is 0 Å². The van der Waals surface area contributed by atoms with Crippen LogP contribution in [0.15, 0.2) is 42.5 Å². The van der Waals surface area contributed by atoms with E-state index in [1.807, 2.05) is 0 Å². The second-order valence-corrected chi connectivity index (χ2v) is 14.2. The molecule has 1 unspecified atom stereocenters. The van der Waals surface area contributed by atoms with Crippen LogP contribution in [-0.2, 0) is 25.5 Å². The molecule has 2 saturated carbocycles. The van der Waals surface area contributed by atoms with Crippen LogP contribution in [0.5, 0.6) is 0 Å². The van der Waals surface area contributed by atoms with Gasteiger partial charge in [0.25, 0.3) is 0 Å². The first kappa shape index (κ1) is 28.2. The van der Waals surface area contributed by atoms with Gasteiger partial charge in [0.2, 0.25) is 5.91 Å². The van der Waals surface area contributed by atoms with Crippen LogP contribution in [0.4, 0.5) is 14.9 Å². The SMILES string of the molecule is [B]=S(C)(=O)Nc1cccc(-c2ccc(C[C@@H](C#N)NC(=O)[C@@H]3[C@@H]4C[C@@H]([C@H]5C[C@@H]45)N3C(=O)OC(C)(C)C)c(F)c2)c1. The van der Waals surface area contributed by atoms with E-state index in [9.17, 15) is 19.1 Å². The number of amides is 2. The molecule has 0 spiro atoms. The molecule has 2 aliphatic carbocycles. The second kappa shape index (κ2) is 10.2.